The van der Waals surface area contributed by atoms with Crippen LogP contribution in [0.3, 0.4) is 0 Å². The van der Waals surface area contributed by atoms with Gasteiger partial charge in [0.1, 0.15) is 11.5 Å². The molecule has 4 aromatic rings. The van der Waals surface area contributed by atoms with Crippen molar-refractivity contribution < 1.29 is 19.2 Å². The van der Waals surface area contributed by atoms with Gasteiger partial charge >= 0.3 is 5.97 Å². The van der Waals surface area contributed by atoms with E-state index in [0.717, 1.165) is 16.9 Å². The summed E-state index contributed by atoms with van der Waals surface area (Å²) in [5.41, 5.74) is 2.45. The zero-order valence-electron chi connectivity index (χ0n) is 17.9. The summed E-state index contributed by atoms with van der Waals surface area (Å²) in [6.07, 6.45) is 0. The Morgan fingerprint density at radius 3 is 2.44 bits per heavy atom. The molecule has 7 nitrogen and oxygen atoms in total. The van der Waals surface area contributed by atoms with E-state index >= 15 is 0 Å². The summed E-state index contributed by atoms with van der Waals surface area (Å²) in [5, 5.41) is 13.6. The number of ether oxygens (including phenoxy) is 1. The molecule has 174 valence electrons. The molecule has 5 rings (SSSR count). The summed E-state index contributed by atoms with van der Waals surface area (Å²) >= 11 is 6.49. The molecular formula is C25H21Cl2N3O4. The smallest absolute Gasteiger partial charge is 0.309 e. The second-order valence-corrected chi connectivity index (χ2v) is 8.31. The molecule has 0 saturated carbocycles. The van der Waals surface area contributed by atoms with Gasteiger partial charge in [0.05, 0.1) is 10.9 Å². The maximum absolute atomic E-state index is 11.0. The van der Waals surface area contributed by atoms with Crippen molar-refractivity contribution in [1.29, 1.82) is 0 Å². The van der Waals surface area contributed by atoms with Crippen LogP contribution in [0.4, 0.5) is 0 Å². The molecule has 2 heterocycles. The molecule has 0 amide bonds. The first-order valence-electron chi connectivity index (χ1n) is 10.5. The van der Waals surface area contributed by atoms with Gasteiger partial charge in [0.2, 0.25) is 5.82 Å². The average molecular weight is 498 g/mol. The molecule has 0 radical (unpaired) electrons. The molecule has 1 N–H and O–H groups in total. The second-order valence-electron chi connectivity index (χ2n) is 7.91. The first-order valence-corrected chi connectivity index (χ1v) is 10.8. The van der Waals surface area contributed by atoms with E-state index in [4.69, 9.17) is 26.0 Å². The molecule has 0 atom stereocenters. The molecule has 1 aliphatic rings. The average Bonchev–Trinajstić information content (AvgIpc) is 3.27. The van der Waals surface area contributed by atoms with Crippen molar-refractivity contribution in [2.45, 2.75) is 6.54 Å². The van der Waals surface area contributed by atoms with Crippen molar-refractivity contribution >= 4 is 30.0 Å². The number of carboxylic acid groups (broad SMARTS) is 1. The molecule has 34 heavy (non-hydrogen) atoms. The fourth-order valence-electron chi connectivity index (χ4n) is 3.69. The van der Waals surface area contributed by atoms with Gasteiger partial charge in [-0.05, 0) is 54.1 Å². The van der Waals surface area contributed by atoms with Crippen LogP contribution in [-0.2, 0) is 11.3 Å². The summed E-state index contributed by atoms with van der Waals surface area (Å²) in [6, 6.07) is 22.6. The van der Waals surface area contributed by atoms with Gasteiger partial charge in [0.15, 0.2) is 0 Å². The number of benzene rings is 3. The van der Waals surface area contributed by atoms with Crippen molar-refractivity contribution in [1.82, 2.24) is 15.0 Å². The Morgan fingerprint density at radius 2 is 1.76 bits per heavy atom. The molecule has 0 unspecified atom stereocenters. The fourth-order valence-corrected chi connectivity index (χ4v) is 3.98. The Labute approximate surface area is 207 Å². The topological polar surface area (TPSA) is 88.7 Å². The van der Waals surface area contributed by atoms with Crippen LogP contribution >= 0.6 is 24.0 Å². The zero-order chi connectivity index (χ0) is 22.8. The SMILES string of the molecule is Cl.O=C(O)C1CN(Cc2ccc(-c3noc(-c4ccc(Oc5ccccc5)cc4)n3)c(Cl)c2)C1. The van der Waals surface area contributed by atoms with Crippen molar-refractivity contribution in [3.05, 3.63) is 83.4 Å². The minimum absolute atomic E-state index is 0. The largest absolute Gasteiger partial charge is 0.481 e. The number of aliphatic carboxylic acids is 1. The maximum atomic E-state index is 11.0. The van der Waals surface area contributed by atoms with Gasteiger partial charge in [0, 0.05) is 30.8 Å². The first kappa shape index (κ1) is 23.8. The van der Waals surface area contributed by atoms with Crippen LogP contribution in [0.2, 0.25) is 5.02 Å². The Hall–Kier alpha value is -3.39. The third-order valence-corrected chi connectivity index (χ3v) is 5.81. The van der Waals surface area contributed by atoms with E-state index in [9.17, 15) is 4.79 Å². The highest BCUT2D eigenvalue weighted by Crippen LogP contribution is 2.31. The summed E-state index contributed by atoms with van der Waals surface area (Å²) in [6.45, 7) is 1.76. The number of carboxylic acids is 1. The summed E-state index contributed by atoms with van der Waals surface area (Å²) < 4.78 is 11.3. The van der Waals surface area contributed by atoms with Gasteiger partial charge in [0.25, 0.3) is 5.89 Å². The number of hydrogen-bond acceptors (Lipinski definition) is 6. The monoisotopic (exact) mass is 497 g/mol. The molecule has 0 aliphatic carbocycles. The van der Waals surface area contributed by atoms with Crippen LogP contribution in [0.5, 0.6) is 11.5 Å². The van der Waals surface area contributed by atoms with Crippen LogP contribution in [0, 0.1) is 5.92 Å². The van der Waals surface area contributed by atoms with E-state index in [1.165, 1.54) is 0 Å². The van der Waals surface area contributed by atoms with E-state index in [-0.39, 0.29) is 18.3 Å². The van der Waals surface area contributed by atoms with E-state index in [0.29, 0.717) is 47.7 Å². The third-order valence-electron chi connectivity index (χ3n) is 5.49. The highest BCUT2D eigenvalue weighted by atomic mass is 35.5. The number of para-hydroxylation sites is 1. The van der Waals surface area contributed by atoms with E-state index in [1.54, 1.807) is 0 Å². The van der Waals surface area contributed by atoms with E-state index in [1.807, 2.05) is 72.8 Å². The summed E-state index contributed by atoms with van der Waals surface area (Å²) in [4.78, 5) is 17.5. The van der Waals surface area contributed by atoms with Crippen molar-refractivity contribution in [3.8, 4) is 34.3 Å². The summed E-state index contributed by atoms with van der Waals surface area (Å²) in [5.74, 6) is 1.24. The van der Waals surface area contributed by atoms with Gasteiger partial charge in [-0.3, -0.25) is 9.69 Å². The molecule has 1 aromatic heterocycles. The van der Waals surface area contributed by atoms with Gasteiger partial charge in [-0.25, -0.2) is 0 Å². The van der Waals surface area contributed by atoms with Crippen LogP contribution in [0.15, 0.2) is 77.3 Å². The summed E-state index contributed by atoms with van der Waals surface area (Å²) in [7, 11) is 0. The number of likely N-dealkylation sites (tertiary alicyclic amines) is 1. The number of aromatic nitrogens is 2. The fraction of sp³-hybridized carbons (Fsp3) is 0.160. The minimum Gasteiger partial charge on any atom is -0.481 e. The number of hydrogen-bond donors (Lipinski definition) is 1. The molecule has 1 fully saturated rings. The highest BCUT2D eigenvalue weighted by molar-refractivity contribution is 6.33. The number of nitrogens with zero attached hydrogens (tertiary/aromatic N) is 3. The first-order chi connectivity index (χ1) is 16.0. The van der Waals surface area contributed by atoms with Gasteiger partial charge in [-0.1, -0.05) is 41.0 Å². The number of carbonyl (C=O) groups is 1. The molecule has 1 aliphatic heterocycles. The predicted molar refractivity (Wildman–Crippen MR) is 130 cm³/mol. The second kappa shape index (κ2) is 10.3. The van der Waals surface area contributed by atoms with Crippen molar-refractivity contribution in [2.75, 3.05) is 13.1 Å². The molecule has 9 heteroatoms. The van der Waals surface area contributed by atoms with E-state index < -0.39 is 5.97 Å². The van der Waals surface area contributed by atoms with Crippen molar-refractivity contribution in [2.24, 2.45) is 5.92 Å². The zero-order valence-corrected chi connectivity index (χ0v) is 19.5. The standard InChI is InChI=1S/C25H20ClN3O4.ClH/c26-22-12-16(13-29-14-18(15-29)25(30)31)6-11-21(22)23-27-24(33-28-23)17-7-9-20(10-8-17)32-19-4-2-1-3-5-19;/h1-12,18H,13-15H2,(H,30,31);1H. The Kier molecular flexibility index (Phi) is 7.17. The lowest BCUT2D eigenvalue weighted by molar-refractivity contribution is -0.147. The number of rotatable bonds is 7. The van der Waals surface area contributed by atoms with Crippen LogP contribution in [0.1, 0.15) is 5.56 Å². The lowest BCUT2D eigenvalue weighted by Crippen LogP contribution is -2.49. The van der Waals surface area contributed by atoms with Crippen LogP contribution in [-0.4, -0.2) is 39.2 Å². The normalized spacial score (nSPS) is 13.7. The predicted octanol–water partition coefficient (Wildman–Crippen LogP) is 5.79. The van der Waals surface area contributed by atoms with Gasteiger partial charge in [-0.2, -0.15) is 4.98 Å². The Balaban J connectivity index is 0.00000274. The molecular weight excluding hydrogens is 477 g/mol. The maximum Gasteiger partial charge on any atom is 0.309 e. The number of halogens is 2. The third kappa shape index (κ3) is 5.22. The van der Waals surface area contributed by atoms with Gasteiger partial charge in [-0.15, -0.1) is 12.4 Å². The van der Waals surface area contributed by atoms with E-state index in [2.05, 4.69) is 15.0 Å². The Morgan fingerprint density at radius 1 is 1.06 bits per heavy atom. The van der Waals surface area contributed by atoms with Crippen LogP contribution in [0.25, 0.3) is 22.8 Å². The molecule has 3 aromatic carbocycles. The lowest BCUT2D eigenvalue weighted by atomic mass is 9.99. The highest BCUT2D eigenvalue weighted by Gasteiger charge is 2.32. The molecule has 0 bridgehead atoms. The van der Waals surface area contributed by atoms with Crippen molar-refractivity contribution in [3.63, 3.8) is 0 Å². The quantitative estimate of drug-likeness (QED) is 0.345. The van der Waals surface area contributed by atoms with Gasteiger partial charge < -0.3 is 14.4 Å². The lowest BCUT2D eigenvalue weighted by Gasteiger charge is -2.36. The van der Waals surface area contributed by atoms with Crippen LogP contribution < -0.4 is 4.74 Å². The minimum atomic E-state index is -0.745. The Bertz CT molecular complexity index is 1270. The molecule has 0 spiro atoms. The molecule has 1 saturated heterocycles.